The number of halogens is 1. The number of rotatable bonds is 8. The Bertz CT molecular complexity index is 442. The number of hydrogen-bond acceptors (Lipinski definition) is 5. The highest BCUT2D eigenvalue weighted by atomic mass is 35.5. The maximum Gasteiger partial charge on any atom is 0.282 e. The minimum Gasteiger partial charge on any atom is -0.383 e. The lowest BCUT2D eigenvalue weighted by molar-refractivity contribution is -0.385. The largest absolute Gasteiger partial charge is 0.383 e. The van der Waals surface area contributed by atoms with E-state index < -0.39 is 10.8 Å². The van der Waals surface area contributed by atoms with Gasteiger partial charge in [-0.1, -0.05) is 12.1 Å². The van der Waals surface area contributed by atoms with Gasteiger partial charge >= 0.3 is 0 Å². The Morgan fingerprint density at radius 3 is 2.65 bits per heavy atom. The molecular weight excluding hydrogens is 286 g/mol. The van der Waals surface area contributed by atoms with Crippen LogP contribution in [0.1, 0.15) is 10.4 Å². The Morgan fingerprint density at radius 1 is 1.30 bits per heavy atom. The van der Waals surface area contributed by atoms with Gasteiger partial charge in [0.15, 0.2) is 0 Å². The van der Waals surface area contributed by atoms with Gasteiger partial charge in [-0.3, -0.25) is 14.9 Å². The van der Waals surface area contributed by atoms with Crippen LogP contribution in [-0.2, 0) is 4.74 Å². The zero-order chi connectivity index (χ0) is 14.1. The van der Waals surface area contributed by atoms with E-state index in [0.717, 1.165) is 0 Å². The number of methoxy groups -OCH3 is 1. The Morgan fingerprint density at radius 2 is 2.00 bits per heavy atom. The number of nitrogens with zero attached hydrogens (tertiary/aromatic N) is 1. The molecule has 1 aromatic rings. The van der Waals surface area contributed by atoms with Crippen molar-refractivity contribution in [2.24, 2.45) is 0 Å². The molecule has 0 aliphatic heterocycles. The number of amides is 1. The quantitative estimate of drug-likeness (QED) is 0.424. The van der Waals surface area contributed by atoms with Gasteiger partial charge in [0.2, 0.25) is 0 Å². The van der Waals surface area contributed by atoms with Crippen LogP contribution < -0.4 is 10.6 Å². The molecule has 0 radical (unpaired) electrons. The van der Waals surface area contributed by atoms with E-state index in [1.165, 1.54) is 18.2 Å². The summed E-state index contributed by atoms with van der Waals surface area (Å²) >= 11 is 0. The van der Waals surface area contributed by atoms with Crippen molar-refractivity contribution in [2.45, 2.75) is 0 Å². The Hall–Kier alpha value is -1.70. The van der Waals surface area contributed by atoms with E-state index >= 15 is 0 Å². The summed E-state index contributed by atoms with van der Waals surface area (Å²) in [5.74, 6) is -0.444. The molecule has 0 aliphatic rings. The maximum absolute atomic E-state index is 11.8. The van der Waals surface area contributed by atoms with Crippen LogP contribution in [-0.4, -0.2) is 44.2 Å². The van der Waals surface area contributed by atoms with Gasteiger partial charge in [-0.25, -0.2) is 0 Å². The maximum atomic E-state index is 11.8. The molecule has 2 N–H and O–H groups in total. The molecule has 0 saturated carbocycles. The molecule has 8 heteroatoms. The van der Waals surface area contributed by atoms with Crippen LogP contribution in [0.3, 0.4) is 0 Å². The number of nitro benzene ring substituents is 1. The first-order valence-corrected chi connectivity index (χ1v) is 5.88. The molecule has 0 atom stereocenters. The summed E-state index contributed by atoms with van der Waals surface area (Å²) < 4.78 is 4.86. The van der Waals surface area contributed by atoms with Crippen molar-refractivity contribution >= 4 is 24.0 Å². The molecule has 1 aromatic carbocycles. The average molecular weight is 304 g/mol. The number of para-hydroxylation sites is 1. The molecule has 1 amide bonds. The van der Waals surface area contributed by atoms with Crippen LogP contribution in [0.15, 0.2) is 24.3 Å². The third-order valence-corrected chi connectivity index (χ3v) is 2.42. The van der Waals surface area contributed by atoms with Gasteiger partial charge in [0.1, 0.15) is 5.56 Å². The van der Waals surface area contributed by atoms with E-state index in [2.05, 4.69) is 10.6 Å². The molecule has 0 spiro atoms. The van der Waals surface area contributed by atoms with Crippen LogP contribution in [0.4, 0.5) is 5.69 Å². The van der Waals surface area contributed by atoms with Crippen LogP contribution in [0.5, 0.6) is 0 Å². The zero-order valence-electron chi connectivity index (χ0n) is 11.1. The van der Waals surface area contributed by atoms with Gasteiger partial charge in [0, 0.05) is 32.8 Å². The second-order valence-corrected chi connectivity index (χ2v) is 3.77. The van der Waals surface area contributed by atoms with Crippen LogP contribution in [0, 0.1) is 10.1 Å². The predicted octanol–water partition coefficient (Wildman–Crippen LogP) is 0.982. The van der Waals surface area contributed by atoms with E-state index in [4.69, 9.17) is 4.74 Å². The molecule has 0 fully saturated rings. The zero-order valence-corrected chi connectivity index (χ0v) is 11.9. The summed E-state index contributed by atoms with van der Waals surface area (Å²) in [6.45, 7) is 2.26. The monoisotopic (exact) mass is 303 g/mol. The van der Waals surface area contributed by atoms with Crippen LogP contribution in [0.2, 0.25) is 0 Å². The summed E-state index contributed by atoms with van der Waals surface area (Å²) in [4.78, 5) is 22.0. The van der Waals surface area contributed by atoms with Crippen molar-refractivity contribution in [3.05, 3.63) is 39.9 Å². The fourth-order valence-corrected chi connectivity index (χ4v) is 1.48. The van der Waals surface area contributed by atoms with Crippen molar-refractivity contribution in [1.82, 2.24) is 10.6 Å². The molecular formula is C12H18ClN3O4. The van der Waals surface area contributed by atoms with Gasteiger partial charge in [-0.05, 0) is 6.07 Å². The first-order valence-electron chi connectivity index (χ1n) is 5.88. The van der Waals surface area contributed by atoms with Gasteiger partial charge in [0.25, 0.3) is 11.6 Å². The highest BCUT2D eigenvalue weighted by Crippen LogP contribution is 2.16. The summed E-state index contributed by atoms with van der Waals surface area (Å²) in [5.41, 5.74) is -0.114. The lowest BCUT2D eigenvalue weighted by Gasteiger charge is -2.06. The summed E-state index contributed by atoms with van der Waals surface area (Å²) in [6.07, 6.45) is 0. The first-order chi connectivity index (χ1) is 9.16. The van der Waals surface area contributed by atoms with E-state index in [1.54, 1.807) is 13.2 Å². The predicted molar refractivity (Wildman–Crippen MR) is 77.4 cm³/mol. The molecule has 0 saturated heterocycles. The highest BCUT2D eigenvalue weighted by molar-refractivity contribution is 5.98. The summed E-state index contributed by atoms with van der Waals surface area (Å²) in [5, 5.41) is 16.5. The van der Waals surface area contributed by atoms with Crippen molar-refractivity contribution < 1.29 is 14.5 Å². The van der Waals surface area contributed by atoms with Crippen molar-refractivity contribution in [1.29, 1.82) is 0 Å². The molecule has 0 unspecified atom stereocenters. The summed E-state index contributed by atoms with van der Waals surface area (Å²) in [7, 11) is 1.61. The van der Waals surface area contributed by atoms with Gasteiger partial charge in [-0.15, -0.1) is 12.4 Å². The third-order valence-electron chi connectivity index (χ3n) is 2.42. The second-order valence-electron chi connectivity index (χ2n) is 3.77. The first kappa shape index (κ1) is 18.3. The van der Waals surface area contributed by atoms with Crippen LogP contribution >= 0.6 is 12.4 Å². The molecule has 0 heterocycles. The van der Waals surface area contributed by atoms with E-state index in [1.807, 2.05) is 0 Å². The van der Waals surface area contributed by atoms with Crippen molar-refractivity contribution in [3.8, 4) is 0 Å². The lowest BCUT2D eigenvalue weighted by atomic mass is 10.1. The van der Waals surface area contributed by atoms with Crippen LogP contribution in [0.25, 0.3) is 0 Å². The summed E-state index contributed by atoms with van der Waals surface area (Å²) in [6, 6.07) is 5.87. The molecule has 0 aliphatic carbocycles. The Labute approximate surface area is 123 Å². The lowest BCUT2D eigenvalue weighted by Crippen LogP contribution is -2.33. The molecule has 20 heavy (non-hydrogen) atoms. The molecule has 1 rings (SSSR count). The topological polar surface area (TPSA) is 93.5 Å². The van der Waals surface area contributed by atoms with Gasteiger partial charge in [-0.2, -0.15) is 0 Å². The van der Waals surface area contributed by atoms with Gasteiger partial charge in [0.05, 0.1) is 11.5 Å². The Kier molecular flexibility index (Phi) is 9.27. The molecule has 112 valence electrons. The van der Waals surface area contributed by atoms with E-state index in [9.17, 15) is 14.9 Å². The smallest absolute Gasteiger partial charge is 0.282 e. The number of nitrogens with one attached hydrogen (secondary N) is 2. The SMILES string of the molecule is COCCNCCNC(=O)c1ccccc1[N+](=O)[O-].Cl. The minimum absolute atomic E-state index is 0. The second kappa shape index (κ2) is 10.1. The average Bonchev–Trinajstić information content (AvgIpc) is 2.42. The minimum atomic E-state index is -0.564. The number of ether oxygens (including phenoxy) is 1. The molecule has 0 aromatic heterocycles. The van der Waals surface area contributed by atoms with E-state index in [0.29, 0.717) is 26.2 Å². The third kappa shape index (κ3) is 5.96. The van der Waals surface area contributed by atoms with Crippen molar-refractivity contribution in [3.63, 3.8) is 0 Å². The number of benzene rings is 1. The van der Waals surface area contributed by atoms with Gasteiger partial charge < -0.3 is 15.4 Å². The number of carbonyl (C=O) groups excluding carboxylic acids is 1. The number of nitro groups is 1. The molecule has 7 nitrogen and oxygen atoms in total. The van der Waals surface area contributed by atoms with Crippen molar-refractivity contribution in [2.75, 3.05) is 33.4 Å². The standard InChI is InChI=1S/C12H17N3O4.ClH/c1-19-9-8-13-6-7-14-12(16)10-4-2-3-5-11(10)15(17)18;/h2-5,13H,6-9H2,1H3,(H,14,16);1H. The number of carbonyl (C=O) groups is 1. The highest BCUT2D eigenvalue weighted by Gasteiger charge is 2.18. The Balaban J connectivity index is 0.00000361. The fourth-order valence-electron chi connectivity index (χ4n) is 1.48. The number of hydrogen-bond donors (Lipinski definition) is 2. The molecule has 0 bridgehead atoms. The van der Waals surface area contributed by atoms with E-state index in [-0.39, 0.29) is 23.7 Å². The fraction of sp³-hybridized carbons (Fsp3) is 0.417. The normalized spacial score (nSPS) is 9.65.